The molecule has 0 amide bonds. The summed E-state index contributed by atoms with van der Waals surface area (Å²) in [5, 5.41) is 17.0. The zero-order valence-corrected chi connectivity index (χ0v) is 7.93. The summed E-state index contributed by atoms with van der Waals surface area (Å²) in [6, 6.07) is 0. The maximum absolute atomic E-state index is 10.8. The third-order valence-electron chi connectivity index (χ3n) is 1.13. The average molecular weight is 206 g/mol. The van der Waals surface area contributed by atoms with Gasteiger partial charge in [0.05, 0.1) is 12.7 Å². The second-order valence-corrected chi connectivity index (χ2v) is 2.65. The van der Waals surface area contributed by atoms with Crippen molar-refractivity contribution >= 4 is 11.9 Å². The minimum absolute atomic E-state index is 0.136. The van der Waals surface area contributed by atoms with E-state index in [0.717, 1.165) is 0 Å². The zero-order chi connectivity index (χ0) is 11.0. The van der Waals surface area contributed by atoms with Crippen LogP contribution in [0.1, 0.15) is 13.3 Å². The van der Waals surface area contributed by atoms with E-state index in [-0.39, 0.29) is 19.8 Å². The van der Waals surface area contributed by atoms with Gasteiger partial charge in [0.2, 0.25) is 0 Å². The normalized spacial score (nSPS) is 11.9. The Morgan fingerprint density at radius 2 is 1.86 bits per heavy atom. The molecule has 0 aliphatic rings. The first-order chi connectivity index (χ1) is 6.56. The van der Waals surface area contributed by atoms with E-state index in [0.29, 0.717) is 0 Å². The Bertz CT molecular complexity index is 188. The van der Waals surface area contributed by atoms with Gasteiger partial charge in [-0.2, -0.15) is 0 Å². The smallest absolute Gasteiger partial charge is 0.317 e. The molecular weight excluding hydrogens is 192 g/mol. The largest absolute Gasteiger partial charge is 0.463 e. The first kappa shape index (κ1) is 12.9. The minimum atomic E-state index is -0.757. The number of carbonyl (C=O) groups excluding carboxylic acids is 2. The molecule has 2 N–H and O–H groups in total. The van der Waals surface area contributed by atoms with Gasteiger partial charge in [-0.3, -0.25) is 9.59 Å². The van der Waals surface area contributed by atoms with Gasteiger partial charge in [-0.15, -0.1) is 0 Å². The maximum atomic E-state index is 10.8. The zero-order valence-electron chi connectivity index (χ0n) is 7.93. The van der Waals surface area contributed by atoms with Gasteiger partial charge in [0.1, 0.15) is 19.6 Å². The predicted octanol–water partition coefficient (Wildman–Crippen LogP) is -1.16. The Hall–Kier alpha value is -1.14. The number of aliphatic hydroxyl groups excluding tert-OH is 2. The fraction of sp³-hybridized carbons (Fsp3) is 0.750. The molecule has 0 bridgehead atoms. The molecule has 0 aromatic rings. The van der Waals surface area contributed by atoms with Gasteiger partial charge >= 0.3 is 11.9 Å². The van der Waals surface area contributed by atoms with Crippen LogP contribution in [0.2, 0.25) is 0 Å². The van der Waals surface area contributed by atoms with Crippen molar-refractivity contribution in [1.82, 2.24) is 0 Å². The van der Waals surface area contributed by atoms with Crippen LogP contribution in [0.4, 0.5) is 0 Å². The molecule has 0 saturated heterocycles. The van der Waals surface area contributed by atoms with E-state index in [1.165, 1.54) is 6.92 Å². The van der Waals surface area contributed by atoms with Crippen LogP contribution < -0.4 is 0 Å². The number of rotatable bonds is 6. The number of hydrogen-bond donors (Lipinski definition) is 2. The number of hydrogen-bond acceptors (Lipinski definition) is 6. The lowest BCUT2D eigenvalue weighted by Crippen LogP contribution is -2.19. The van der Waals surface area contributed by atoms with Gasteiger partial charge in [0.25, 0.3) is 0 Å². The Morgan fingerprint density at radius 3 is 2.36 bits per heavy atom. The van der Waals surface area contributed by atoms with Crippen LogP contribution >= 0.6 is 0 Å². The predicted molar refractivity (Wildman–Crippen MR) is 45.3 cm³/mol. The summed E-state index contributed by atoms with van der Waals surface area (Å²) in [5.74, 6) is -1.51. The highest BCUT2D eigenvalue weighted by Gasteiger charge is 2.12. The second-order valence-electron chi connectivity index (χ2n) is 2.65. The van der Waals surface area contributed by atoms with Gasteiger partial charge in [0.15, 0.2) is 0 Å². The highest BCUT2D eigenvalue weighted by atomic mass is 16.6. The van der Waals surface area contributed by atoms with Crippen molar-refractivity contribution < 1.29 is 29.3 Å². The monoisotopic (exact) mass is 206 g/mol. The van der Waals surface area contributed by atoms with E-state index in [2.05, 4.69) is 9.47 Å². The lowest BCUT2D eigenvalue weighted by molar-refractivity contribution is -0.156. The number of aliphatic hydroxyl groups is 2. The van der Waals surface area contributed by atoms with Crippen LogP contribution in [-0.4, -0.2) is 48.1 Å². The van der Waals surface area contributed by atoms with Crippen LogP contribution in [0.25, 0.3) is 0 Å². The first-order valence-corrected chi connectivity index (χ1v) is 4.16. The molecule has 0 rings (SSSR count). The van der Waals surface area contributed by atoms with E-state index < -0.39 is 24.5 Å². The molecule has 0 saturated carbocycles. The molecule has 14 heavy (non-hydrogen) atoms. The first-order valence-electron chi connectivity index (χ1n) is 4.16. The molecule has 0 radical (unpaired) electrons. The van der Waals surface area contributed by atoms with Crippen molar-refractivity contribution in [3.05, 3.63) is 0 Å². The van der Waals surface area contributed by atoms with Gasteiger partial charge in [-0.1, -0.05) is 0 Å². The Morgan fingerprint density at radius 1 is 1.29 bits per heavy atom. The number of ether oxygens (including phenoxy) is 2. The van der Waals surface area contributed by atoms with Gasteiger partial charge in [-0.25, -0.2) is 0 Å². The fourth-order valence-corrected chi connectivity index (χ4v) is 0.593. The van der Waals surface area contributed by atoms with Crippen LogP contribution in [0.15, 0.2) is 0 Å². The molecule has 0 heterocycles. The van der Waals surface area contributed by atoms with Crippen molar-refractivity contribution in [2.24, 2.45) is 0 Å². The Kier molecular flexibility index (Phi) is 6.69. The lowest BCUT2D eigenvalue weighted by atomic mass is 10.4. The summed E-state index contributed by atoms with van der Waals surface area (Å²) in [7, 11) is 0. The molecule has 0 aromatic heterocycles. The Labute approximate surface area is 81.4 Å². The van der Waals surface area contributed by atoms with Crippen LogP contribution in [0.5, 0.6) is 0 Å². The molecule has 0 aliphatic carbocycles. The minimum Gasteiger partial charge on any atom is -0.463 e. The number of carbonyl (C=O) groups is 2. The molecule has 6 heteroatoms. The standard InChI is InChI=1S/C8H14O6/c1-6(10)5-14-8(12)4-7(11)13-3-2-9/h6,9-10H,2-5H2,1H3. The van der Waals surface area contributed by atoms with E-state index in [9.17, 15) is 9.59 Å². The third-order valence-corrected chi connectivity index (χ3v) is 1.13. The van der Waals surface area contributed by atoms with Crippen LogP contribution in [0, 0.1) is 0 Å². The molecule has 1 unspecified atom stereocenters. The van der Waals surface area contributed by atoms with E-state index in [1.807, 2.05) is 0 Å². The van der Waals surface area contributed by atoms with Crippen molar-refractivity contribution in [3.63, 3.8) is 0 Å². The highest BCUT2D eigenvalue weighted by molar-refractivity contribution is 5.91. The molecule has 0 spiro atoms. The summed E-state index contributed by atoms with van der Waals surface area (Å²) in [6.07, 6.45) is -1.26. The van der Waals surface area contributed by atoms with E-state index in [1.54, 1.807) is 0 Å². The molecule has 0 aliphatic heterocycles. The topological polar surface area (TPSA) is 93.1 Å². The van der Waals surface area contributed by atoms with Gasteiger partial charge < -0.3 is 19.7 Å². The van der Waals surface area contributed by atoms with Gasteiger partial charge in [-0.05, 0) is 6.92 Å². The lowest BCUT2D eigenvalue weighted by Gasteiger charge is -2.06. The maximum Gasteiger partial charge on any atom is 0.317 e. The third kappa shape index (κ3) is 7.51. The molecule has 1 atom stereocenters. The SMILES string of the molecule is CC(O)COC(=O)CC(=O)OCCO. The van der Waals surface area contributed by atoms with Gasteiger partial charge in [0, 0.05) is 0 Å². The second kappa shape index (κ2) is 7.28. The summed E-state index contributed by atoms with van der Waals surface area (Å²) < 4.78 is 8.92. The molecular formula is C8H14O6. The molecule has 82 valence electrons. The van der Waals surface area contributed by atoms with E-state index in [4.69, 9.17) is 10.2 Å². The summed E-state index contributed by atoms with van der Waals surface area (Å²) in [6.45, 7) is 0.889. The fourth-order valence-electron chi connectivity index (χ4n) is 0.593. The van der Waals surface area contributed by atoms with Crippen LogP contribution in [0.3, 0.4) is 0 Å². The average Bonchev–Trinajstić information content (AvgIpc) is 2.11. The van der Waals surface area contributed by atoms with Crippen molar-refractivity contribution in [2.75, 3.05) is 19.8 Å². The van der Waals surface area contributed by atoms with E-state index >= 15 is 0 Å². The van der Waals surface area contributed by atoms with Crippen LogP contribution in [-0.2, 0) is 19.1 Å². The highest BCUT2D eigenvalue weighted by Crippen LogP contribution is 1.92. The molecule has 0 aromatic carbocycles. The molecule has 0 fully saturated rings. The Balaban J connectivity index is 3.55. The summed E-state index contributed by atoms with van der Waals surface area (Å²) >= 11 is 0. The summed E-state index contributed by atoms with van der Waals surface area (Å²) in [5.41, 5.74) is 0. The number of esters is 2. The van der Waals surface area contributed by atoms with Crippen molar-refractivity contribution in [1.29, 1.82) is 0 Å². The quantitative estimate of drug-likeness (QED) is 0.420. The summed E-state index contributed by atoms with van der Waals surface area (Å²) in [4.78, 5) is 21.6. The van der Waals surface area contributed by atoms with Crippen molar-refractivity contribution in [2.45, 2.75) is 19.4 Å². The molecule has 6 nitrogen and oxygen atoms in total. The van der Waals surface area contributed by atoms with Crippen molar-refractivity contribution in [3.8, 4) is 0 Å².